The SMILES string of the molecule is Bc1c(B)c(-n2c3c(B)c(B)c(B)c(B)c3c3c(B)c4c(B)c(B)c(B)c(B)c4c(B)c32)c(B)c(B)c1-c1cc(-c2ccc(-c3nc(-c4ccccc4)nc(-c4ccccc4)n3)c3ccccc23)c2c(c1)oc1ccccc12. The largest absolute Gasteiger partial charge is 0.456 e. The molecule has 0 amide bonds. The Morgan fingerprint density at radius 1 is 0.295 bits per heavy atom. The summed E-state index contributed by atoms with van der Waals surface area (Å²) >= 11 is 0. The lowest BCUT2D eigenvalue weighted by Gasteiger charge is -2.26. The molecule has 13 aromatic rings. The van der Waals surface area contributed by atoms with Crippen LogP contribution in [0.15, 0.2) is 138 Å². The fourth-order valence-corrected chi connectivity index (χ4v) is 13.6. The zero-order chi connectivity index (χ0) is 54.3. The Morgan fingerprint density at radius 3 is 1.33 bits per heavy atom. The maximum absolute atomic E-state index is 6.92. The number of hydrogen-bond acceptors (Lipinski definition) is 4. The van der Waals surface area contributed by atoms with E-state index in [2.05, 4.69) is 211 Å². The van der Waals surface area contributed by atoms with Crippen molar-refractivity contribution >= 4 is 252 Å². The monoisotopic (exact) mass is 985 g/mol. The summed E-state index contributed by atoms with van der Waals surface area (Å²) < 4.78 is 9.61. The Balaban J connectivity index is 1.07. The van der Waals surface area contributed by atoms with Crippen LogP contribution in [0.4, 0.5) is 0 Å². The van der Waals surface area contributed by atoms with E-state index in [1.54, 1.807) is 0 Å². The molecule has 0 atom stereocenters. The zero-order valence-electron chi connectivity index (χ0n) is 47.4. The summed E-state index contributed by atoms with van der Waals surface area (Å²) in [7, 11) is 32.8. The normalized spacial score (nSPS) is 11.8. The Bertz CT molecular complexity index is 4710. The van der Waals surface area contributed by atoms with Crippen LogP contribution in [0.3, 0.4) is 0 Å². The summed E-state index contributed by atoms with van der Waals surface area (Å²) in [4.78, 5) is 15.4. The van der Waals surface area contributed by atoms with Crippen molar-refractivity contribution < 1.29 is 4.42 Å². The molecule has 0 saturated heterocycles. The first-order valence-electron chi connectivity index (χ1n) is 27.5. The molecule has 19 heteroatoms. The Labute approximate surface area is 468 Å². The lowest BCUT2D eigenvalue weighted by Crippen LogP contribution is -2.50. The molecular weight excluding hydrogens is 932 g/mol. The number of rotatable bonds is 6. The van der Waals surface area contributed by atoms with Crippen LogP contribution < -0.4 is 76.5 Å². The van der Waals surface area contributed by atoms with Crippen molar-refractivity contribution in [2.24, 2.45) is 0 Å². The van der Waals surface area contributed by atoms with Crippen LogP contribution in [0.25, 0.3) is 127 Å². The topological polar surface area (TPSA) is 56.7 Å². The summed E-state index contributed by atoms with van der Waals surface area (Å²) in [5.74, 6) is 1.90. The highest BCUT2D eigenvalue weighted by Crippen LogP contribution is 2.43. The summed E-state index contributed by atoms with van der Waals surface area (Å²) in [5, 5.41) is 9.91. The van der Waals surface area contributed by atoms with Crippen molar-refractivity contribution in [1.29, 1.82) is 0 Å². The average Bonchev–Trinajstić information content (AvgIpc) is 4.04. The van der Waals surface area contributed by atoms with Gasteiger partial charge in [-0.25, -0.2) is 15.0 Å². The highest BCUT2D eigenvalue weighted by atomic mass is 16.3. The van der Waals surface area contributed by atoms with Crippen molar-refractivity contribution in [3.63, 3.8) is 0 Å². The average molecular weight is 982 g/mol. The first-order chi connectivity index (χ1) is 37.6. The molecule has 0 aliphatic heterocycles. The third-order valence-electron chi connectivity index (χ3n) is 18.5. The van der Waals surface area contributed by atoms with Gasteiger partial charge in [-0.3, -0.25) is 0 Å². The predicted molar refractivity (Wildman–Crippen MR) is 378 cm³/mol. The summed E-state index contributed by atoms with van der Waals surface area (Å²) in [5.41, 5.74) is 31.8. The van der Waals surface area contributed by atoms with Gasteiger partial charge in [-0.2, -0.15) is 0 Å². The van der Waals surface area contributed by atoms with E-state index in [4.69, 9.17) is 19.4 Å². The standard InChI is InChI=1S/C59H50B14N4O/c60-40-36-37(44(64)48(68)47(67)43(36)63)46(66)54-38(40)39-45(65)49(69)50(70)53(73)55(39)77(54)56-51(71)41(61)34(42(62)52(56)72)25-21-31(35-30-17-9-10-18-32(30)78-33(35)22-25)28-19-20-29(27-16-8-7-15-26(27)28)59-75-57(23-11-3-1-4-12-23)74-58(76-59)24-13-5-2-6-14-24/h1-22H,60-73H2. The van der Waals surface area contributed by atoms with E-state index in [-0.39, 0.29) is 0 Å². The Morgan fingerprint density at radius 2 is 0.744 bits per heavy atom. The smallest absolute Gasteiger partial charge is 0.164 e. The van der Waals surface area contributed by atoms with E-state index in [9.17, 15) is 0 Å². The number of aromatic nitrogens is 4. The van der Waals surface area contributed by atoms with Crippen LogP contribution in [0.2, 0.25) is 0 Å². The van der Waals surface area contributed by atoms with Crippen LogP contribution in [-0.4, -0.2) is 129 Å². The molecule has 3 aromatic heterocycles. The van der Waals surface area contributed by atoms with Gasteiger partial charge in [-0.05, 0) is 73.5 Å². The second-order valence-electron chi connectivity index (χ2n) is 22.2. The van der Waals surface area contributed by atoms with E-state index in [1.165, 1.54) is 120 Å². The van der Waals surface area contributed by atoms with Gasteiger partial charge in [0.05, 0.1) is 0 Å². The molecule has 10 aromatic carbocycles. The first-order valence-corrected chi connectivity index (χ1v) is 27.5. The van der Waals surface area contributed by atoms with E-state index >= 15 is 0 Å². The first kappa shape index (κ1) is 49.8. The number of nitrogens with zero attached hydrogens (tertiary/aromatic N) is 4. The van der Waals surface area contributed by atoms with Crippen LogP contribution in [-0.2, 0) is 0 Å². The van der Waals surface area contributed by atoms with Gasteiger partial charge in [-0.15, -0.1) is 16.4 Å². The van der Waals surface area contributed by atoms with Gasteiger partial charge >= 0.3 is 0 Å². The van der Waals surface area contributed by atoms with Gasteiger partial charge in [0.1, 0.15) is 121 Å². The van der Waals surface area contributed by atoms with Gasteiger partial charge in [0.2, 0.25) is 0 Å². The van der Waals surface area contributed by atoms with Crippen molar-refractivity contribution in [3.8, 4) is 62.1 Å². The molecule has 0 N–H and O–H groups in total. The minimum absolute atomic E-state index is 0.628. The van der Waals surface area contributed by atoms with Gasteiger partial charge < -0.3 is 8.98 Å². The minimum atomic E-state index is 0.628. The predicted octanol–water partition coefficient (Wildman–Crippen LogP) is -8.87. The van der Waals surface area contributed by atoms with E-state index in [0.717, 1.165) is 66.1 Å². The third-order valence-corrected chi connectivity index (χ3v) is 18.5. The van der Waals surface area contributed by atoms with Gasteiger partial charge in [0.25, 0.3) is 0 Å². The van der Waals surface area contributed by atoms with Crippen LogP contribution >= 0.6 is 0 Å². The van der Waals surface area contributed by atoms with Crippen LogP contribution in [0.1, 0.15) is 0 Å². The summed E-state index contributed by atoms with van der Waals surface area (Å²) in [6.45, 7) is 0. The number of para-hydroxylation sites is 1. The number of fused-ring (bicyclic) bond motifs is 8. The van der Waals surface area contributed by atoms with E-state index in [1.807, 2.05) is 36.4 Å². The molecule has 78 heavy (non-hydrogen) atoms. The molecule has 0 unspecified atom stereocenters. The van der Waals surface area contributed by atoms with E-state index < -0.39 is 0 Å². The molecule has 0 radical (unpaired) electrons. The van der Waals surface area contributed by atoms with Gasteiger partial charge in [0, 0.05) is 49.6 Å². The number of furan rings is 1. The van der Waals surface area contributed by atoms with Crippen LogP contribution in [0.5, 0.6) is 0 Å². The molecule has 0 spiro atoms. The van der Waals surface area contributed by atoms with Gasteiger partial charge in [0.15, 0.2) is 17.5 Å². The molecule has 0 fully saturated rings. The molecule has 0 aliphatic rings. The molecule has 0 aliphatic carbocycles. The lowest BCUT2D eigenvalue weighted by molar-refractivity contribution is 0.669. The molecule has 3 heterocycles. The maximum atomic E-state index is 6.92. The highest BCUT2D eigenvalue weighted by Gasteiger charge is 2.29. The van der Waals surface area contributed by atoms with Crippen molar-refractivity contribution in [1.82, 2.24) is 19.5 Å². The fraction of sp³-hybridized carbons (Fsp3) is 0. The van der Waals surface area contributed by atoms with Crippen LogP contribution in [0, 0.1) is 0 Å². The molecular formula is C59H50B14N4O. The number of hydrogen-bond donors (Lipinski definition) is 0. The molecule has 354 valence electrons. The quantitative estimate of drug-likeness (QED) is 0.156. The fourth-order valence-electron chi connectivity index (χ4n) is 13.6. The molecule has 0 saturated carbocycles. The zero-order valence-corrected chi connectivity index (χ0v) is 47.4. The molecule has 13 rings (SSSR count). The number of benzene rings is 10. The Kier molecular flexibility index (Phi) is 11.8. The maximum Gasteiger partial charge on any atom is 0.164 e. The molecule has 0 bridgehead atoms. The lowest BCUT2D eigenvalue weighted by atomic mass is 9.60. The van der Waals surface area contributed by atoms with E-state index in [0.29, 0.717) is 17.5 Å². The second-order valence-corrected chi connectivity index (χ2v) is 22.2. The highest BCUT2D eigenvalue weighted by molar-refractivity contribution is 6.74. The minimum Gasteiger partial charge on any atom is -0.456 e. The van der Waals surface area contributed by atoms with Crippen molar-refractivity contribution in [2.45, 2.75) is 0 Å². The summed E-state index contributed by atoms with van der Waals surface area (Å²) in [6.07, 6.45) is 0. The Hall–Kier alpha value is -7.76. The second kappa shape index (κ2) is 18.4. The molecule has 5 nitrogen and oxygen atoms in total. The third kappa shape index (κ3) is 7.18. The van der Waals surface area contributed by atoms with Gasteiger partial charge in [-0.1, -0.05) is 169 Å². The summed E-state index contributed by atoms with van der Waals surface area (Å²) in [6, 6.07) is 46.7. The van der Waals surface area contributed by atoms with Crippen molar-refractivity contribution in [2.75, 3.05) is 0 Å². The van der Waals surface area contributed by atoms with Crippen molar-refractivity contribution in [3.05, 3.63) is 133 Å².